The number of aromatic nitrogens is 2. The standard InChI is InChI=1S/C15H20N4O/c1-11(13-7-5-4-6-8-13)12(2)16-15(20)17-14-9-10-19(3)18-14/h4-12H,1-3H3,(H2,16,17,18,20)/t11-,12-/m1/s1. The lowest BCUT2D eigenvalue weighted by atomic mass is 9.95. The number of hydrogen-bond donors (Lipinski definition) is 2. The highest BCUT2D eigenvalue weighted by Crippen LogP contribution is 2.18. The first-order chi connectivity index (χ1) is 9.56. The number of nitrogens with one attached hydrogen (secondary N) is 2. The second-order valence-electron chi connectivity index (χ2n) is 4.96. The van der Waals surface area contributed by atoms with Crippen molar-refractivity contribution in [2.45, 2.75) is 25.8 Å². The van der Waals surface area contributed by atoms with Crippen molar-refractivity contribution >= 4 is 11.8 Å². The number of aryl methyl sites for hydroxylation is 1. The molecule has 1 heterocycles. The van der Waals surface area contributed by atoms with Gasteiger partial charge in [-0.3, -0.25) is 10.00 Å². The summed E-state index contributed by atoms with van der Waals surface area (Å²) >= 11 is 0. The molecule has 0 saturated heterocycles. The summed E-state index contributed by atoms with van der Waals surface area (Å²) in [7, 11) is 1.81. The number of benzene rings is 1. The van der Waals surface area contributed by atoms with Crippen molar-refractivity contribution in [2.24, 2.45) is 7.05 Å². The lowest BCUT2D eigenvalue weighted by molar-refractivity contribution is 0.247. The first-order valence-electron chi connectivity index (χ1n) is 6.68. The summed E-state index contributed by atoms with van der Waals surface area (Å²) < 4.78 is 1.64. The number of hydrogen-bond acceptors (Lipinski definition) is 2. The maximum atomic E-state index is 11.9. The van der Waals surface area contributed by atoms with Crippen LogP contribution in [-0.2, 0) is 7.05 Å². The number of nitrogens with zero attached hydrogens (tertiary/aromatic N) is 2. The third-order valence-electron chi connectivity index (χ3n) is 3.39. The van der Waals surface area contributed by atoms with Crippen LogP contribution in [0.25, 0.3) is 0 Å². The fraction of sp³-hybridized carbons (Fsp3) is 0.333. The molecule has 0 bridgehead atoms. The number of amides is 2. The zero-order valence-corrected chi connectivity index (χ0v) is 12.0. The van der Waals surface area contributed by atoms with Crippen molar-refractivity contribution in [3.05, 3.63) is 48.2 Å². The summed E-state index contributed by atoms with van der Waals surface area (Å²) in [6, 6.07) is 11.7. The Morgan fingerprint density at radius 3 is 2.50 bits per heavy atom. The van der Waals surface area contributed by atoms with Crippen LogP contribution in [0.4, 0.5) is 10.6 Å². The molecule has 0 saturated carbocycles. The molecule has 2 aromatic rings. The molecule has 0 unspecified atom stereocenters. The first kappa shape index (κ1) is 14.1. The molecule has 2 atom stereocenters. The molecule has 0 radical (unpaired) electrons. The molecule has 2 N–H and O–H groups in total. The predicted molar refractivity (Wildman–Crippen MR) is 79.7 cm³/mol. The molecular formula is C15H20N4O. The fourth-order valence-electron chi connectivity index (χ4n) is 2.01. The minimum Gasteiger partial charge on any atom is -0.335 e. The molecule has 0 aliphatic rings. The average Bonchev–Trinajstić information content (AvgIpc) is 2.84. The van der Waals surface area contributed by atoms with Gasteiger partial charge in [0.15, 0.2) is 5.82 Å². The van der Waals surface area contributed by atoms with Gasteiger partial charge in [-0.15, -0.1) is 0 Å². The van der Waals surface area contributed by atoms with Crippen LogP contribution in [0, 0.1) is 0 Å². The molecule has 2 amide bonds. The molecule has 5 nitrogen and oxygen atoms in total. The molecule has 5 heteroatoms. The summed E-state index contributed by atoms with van der Waals surface area (Å²) in [6.07, 6.45) is 1.78. The molecule has 1 aromatic carbocycles. The Bertz CT molecular complexity index is 564. The Morgan fingerprint density at radius 1 is 1.20 bits per heavy atom. The summed E-state index contributed by atoms with van der Waals surface area (Å²) in [5.41, 5.74) is 1.21. The van der Waals surface area contributed by atoms with Crippen molar-refractivity contribution in [3.63, 3.8) is 0 Å². The molecule has 1 aromatic heterocycles. The number of carbonyl (C=O) groups excluding carboxylic acids is 1. The highest BCUT2D eigenvalue weighted by atomic mass is 16.2. The topological polar surface area (TPSA) is 59.0 Å². The smallest absolute Gasteiger partial charge is 0.320 e. The van der Waals surface area contributed by atoms with Gasteiger partial charge in [-0.1, -0.05) is 37.3 Å². The van der Waals surface area contributed by atoms with E-state index in [0.717, 1.165) is 0 Å². The number of rotatable bonds is 4. The monoisotopic (exact) mass is 272 g/mol. The van der Waals surface area contributed by atoms with Crippen molar-refractivity contribution in [1.29, 1.82) is 0 Å². The lowest BCUT2D eigenvalue weighted by Crippen LogP contribution is -2.39. The van der Waals surface area contributed by atoms with Gasteiger partial charge in [0.05, 0.1) is 0 Å². The first-order valence-corrected chi connectivity index (χ1v) is 6.68. The van der Waals surface area contributed by atoms with E-state index < -0.39 is 0 Å². The Hall–Kier alpha value is -2.30. The lowest BCUT2D eigenvalue weighted by Gasteiger charge is -2.21. The maximum Gasteiger partial charge on any atom is 0.320 e. The van der Waals surface area contributed by atoms with Crippen LogP contribution in [0.3, 0.4) is 0 Å². The van der Waals surface area contributed by atoms with Crippen LogP contribution in [0.2, 0.25) is 0 Å². The van der Waals surface area contributed by atoms with Crippen molar-refractivity contribution in [1.82, 2.24) is 15.1 Å². The number of carbonyl (C=O) groups is 1. The van der Waals surface area contributed by atoms with Gasteiger partial charge in [0, 0.05) is 31.3 Å². The summed E-state index contributed by atoms with van der Waals surface area (Å²) in [5.74, 6) is 0.787. The third-order valence-corrected chi connectivity index (χ3v) is 3.39. The Morgan fingerprint density at radius 2 is 1.90 bits per heavy atom. The number of anilines is 1. The quantitative estimate of drug-likeness (QED) is 0.899. The van der Waals surface area contributed by atoms with E-state index in [1.165, 1.54) is 5.56 Å². The average molecular weight is 272 g/mol. The zero-order valence-electron chi connectivity index (χ0n) is 12.0. The van der Waals surface area contributed by atoms with E-state index in [0.29, 0.717) is 5.82 Å². The predicted octanol–water partition coefficient (Wildman–Crippen LogP) is 2.73. The normalized spacial score (nSPS) is 13.6. The van der Waals surface area contributed by atoms with Crippen LogP contribution >= 0.6 is 0 Å². The van der Waals surface area contributed by atoms with Crippen LogP contribution in [0.15, 0.2) is 42.6 Å². The van der Waals surface area contributed by atoms with Crippen molar-refractivity contribution in [2.75, 3.05) is 5.32 Å². The van der Waals surface area contributed by atoms with E-state index in [1.807, 2.05) is 32.2 Å². The van der Waals surface area contributed by atoms with Gasteiger partial charge in [-0.25, -0.2) is 4.79 Å². The van der Waals surface area contributed by atoms with E-state index in [-0.39, 0.29) is 18.0 Å². The molecule has 2 rings (SSSR count). The van der Waals surface area contributed by atoms with E-state index >= 15 is 0 Å². The van der Waals surface area contributed by atoms with Gasteiger partial charge in [0.1, 0.15) is 0 Å². The van der Waals surface area contributed by atoms with Gasteiger partial charge >= 0.3 is 6.03 Å². The van der Waals surface area contributed by atoms with Gasteiger partial charge in [0.25, 0.3) is 0 Å². The van der Waals surface area contributed by atoms with Gasteiger partial charge in [0.2, 0.25) is 0 Å². The summed E-state index contributed by atoms with van der Waals surface area (Å²) in [5, 5.41) is 9.76. The highest BCUT2D eigenvalue weighted by molar-refractivity contribution is 5.88. The van der Waals surface area contributed by atoms with Crippen LogP contribution in [0.5, 0.6) is 0 Å². The van der Waals surface area contributed by atoms with E-state index in [2.05, 4.69) is 34.8 Å². The molecule has 0 fully saturated rings. The minimum absolute atomic E-state index is 0.0288. The van der Waals surface area contributed by atoms with Crippen LogP contribution < -0.4 is 10.6 Å². The Balaban J connectivity index is 1.90. The van der Waals surface area contributed by atoms with Crippen LogP contribution in [-0.4, -0.2) is 21.9 Å². The van der Waals surface area contributed by atoms with E-state index in [9.17, 15) is 4.79 Å². The highest BCUT2D eigenvalue weighted by Gasteiger charge is 2.16. The second kappa shape index (κ2) is 6.23. The third kappa shape index (κ3) is 3.60. The SMILES string of the molecule is C[C@@H](NC(=O)Nc1ccn(C)n1)[C@@H](C)c1ccccc1. The van der Waals surface area contributed by atoms with E-state index in [4.69, 9.17) is 0 Å². The maximum absolute atomic E-state index is 11.9. The molecule has 0 aliphatic heterocycles. The van der Waals surface area contributed by atoms with Crippen LogP contribution in [0.1, 0.15) is 25.3 Å². The molecule has 20 heavy (non-hydrogen) atoms. The van der Waals surface area contributed by atoms with E-state index in [1.54, 1.807) is 16.9 Å². The van der Waals surface area contributed by atoms with Crippen molar-refractivity contribution in [3.8, 4) is 0 Å². The minimum atomic E-state index is -0.237. The van der Waals surface area contributed by atoms with Crippen molar-refractivity contribution < 1.29 is 4.79 Å². The van der Waals surface area contributed by atoms with Gasteiger partial charge < -0.3 is 5.32 Å². The molecular weight excluding hydrogens is 252 g/mol. The Labute approximate surface area is 119 Å². The largest absolute Gasteiger partial charge is 0.335 e. The fourth-order valence-corrected chi connectivity index (χ4v) is 2.01. The molecule has 0 aliphatic carbocycles. The molecule has 106 valence electrons. The molecule has 0 spiro atoms. The summed E-state index contributed by atoms with van der Waals surface area (Å²) in [4.78, 5) is 11.9. The Kier molecular flexibility index (Phi) is 4.40. The van der Waals surface area contributed by atoms with Gasteiger partial charge in [-0.2, -0.15) is 5.10 Å². The number of urea groups is 1. The van der Waals surface area contributed by atoms with Gasteiger partial charge in [-0.05, 0) is 12.5 Å². The second-order valence-corrected chi connectivity index (χ2v) is 4.96. The summed E-state index contributed by atoms with van der Waals surface area (Å²) in [6.45, 7) is 4.09. The zero-order chi connectivity index (χ0) is 14.5.